The lowest BCUT2D eigenvalue weighted by atomic mass is 10.2. The number of nitrogens with one attached hydrogen (secondary N) is 1. The van der Waals surface area contributed by atoms with Crippen molar-refractivity contribution in [2.24, 2.45) is 5.10 Å². The number of nitrogens with zero attached hydrogens (tertiary/aromatic N) is 2. The number of anilines is 1. The highest BCUT2D eigenvalue weighted by molar-refractivity contribution is 5.80. The van der Waals surface area contributed by atoms with Gasteiger partial charge >= 0.3 is 5.97 Å². The number of non-ortho nitro benzene ring substituents is 1. The summed E-state index contributed by atoms with van der Waals surface area (Å²) < 4.78 is 5.22. The zero-order valence-corrected chi connectivity index (χ0v) is 12.7. The van der Waals surface area contributed by atoms with Crippen LogP contribution in [0, 0.1) is 10.1 Å². The van der Waals surface area contributed by atoms with E-state index in [1.54, 1.807) is 42.6 Å². The fourth-order valence-electron chi connectivity index (χ4n) is 1.73. The predicted octanol–water partition coefficient (Wildman–Crippen LogP) is 2.89. The third-order valence-electron chi connectivity index (χ3n) is 3.03. The minimum absolute atomic E-state index is 0.00991. The number of ether oxygens (including phenoxy) is 1. The van der Waals surface area contributed by atoms with E-state index in [2.05, 4.69) is 10.5 Å². The van der Waals surface area contributed by atoms with E-state index < -0.39 is 17.0 Å². The number of nitro groups is 1. The van der Waals surface area contributed by atoms with Crippen LogP contribution in [-0.2, 0) is 4.79 Å². The molecule has 2 N–H and O–H groups in total. The molecule has 0 heterocycles. The third kappa shape index (κ3) is 4.80. The van der Waals surface area contributed by atoms with Gasteiger partial charge in [0.15, 0.2) is 6.10 Å². The molecular weight excluding hydrogens is 314 g/mol. The van der Waals surface area contributed by atoms with Crippen molar-refractivity contribution < 1.29 is 19.6 Å². The second-order valence-corrected chi connectivity index (χ2v) is 4.84. The van der Waals surface area contributed by atoms with Crippen molar-refractivity contribution in [1.29, 1.82) is 0 Å². The van der Waals surface area contributed by atoms with Gasteiger partial charge in [0.05, 0.1) is 16.8 Å². The highest BCUT2D eigenvalue weighted by Crippen LogP contribution is 2.16. The van der Waals surface area contributed by atoms with Crippen molar-refractivity contribution in [2.45, 2.75) is 13.0 Å². The standard InChI is InChI=1S/C16H15N3O5/c1-11(16(20)21)24-15-8-2-12(3-9-15)10-17-18-13-4-6-14(7-5-13)19(22)23/h2-11,18H,1H3,(H,20,21)/b17-10-/t11-/m0/s1. The van der Waals surface area contributed by atoms with Crippen molar-refractivity contribution in [3.8, 4) is 5.75 Å². The summed E-state index contributed by atoms with van der Waals surface area (Å²) in [6.45, 7) is 1.45. The SMILES string of the molecule is C[C@H](Oc1ccc(/C=N\Nc2ccc([N+](=O)[O-])cc2)cc1)C(=O)O. The number of benzene rings is 2. The first-order valence-electron chi connectivity index (χ1n) is 6.99. The second kappa shape index (κ2) is 7.73. The minimum atomic E-state index is -1.03. The predicted molar refractivity (Wildman–Crippen MR) is 88.5 cm³/mol. The summed E-state index contributed by atoms with van der Waals surface area (Å²) in [5, 5.41) is 23.4. The van der Waals surface area contributed by atoms with Crippen LogP contribution in [0.1, 0.15) is 12.5 Å². The van der Waals surface area contributed by atoms with Crippen LogP contribution in [0.5, 0.6) is 5.75 Å². The molecule has 2 aromatic rings. The van der Waals surface area contributed by atoms with Gasteiger partial charge in [-0.3, -0.25) is 15.5 Å². The van der Waals surface area contributed by atoms with E-state index >= 15 is 0 Å². The number of aliphatic carboxylic acids is 1. The maximum atomic E-state index is 10.7. The number of carboxylic acids is 1. The van der Waals surface area contributed by atoms with E-state index in [1.807, 2.05) is 0 Å². The minimum Gasteiger partial charge on any atom is -0.479 e. The highest BCUT2D eigenvalue weighted by atomic mass is 16.6. The summed E-state index contributed by atoms with van der Waals surface area (Å²) in [7, 11) is 0. The molecule has 0 aromatic heterocycles. The van der Waals surface area contributed by atoms with Gasteiger partial charge in [-0.2, -0.15) is 5.10 Å². The molecule has 0 aliphatic carbocycles. The number of rotatable bonds is 7. The molecule has 0 fully saturated rings. The number of hydrazone groups is 1. The Morgan fingerprint density at radius 3 is 2.42 bits per heavy atom. The number of carboxylic acid groups (broad SMARTS) is 1. The lowest BCUT2D eigenvalue weighted by Crippen LogP contribution is -2.22. The van der Waals surface area contributed by atoms with Crippen LogP contribution >= 0.6 is 0 Å². The van der Waals surface area contributed by atoms with Crippen molar-refractivity contribution in [2.75, 3.05) is 5.43 Å². The van der Waals surface area contributed by atoms with Gasteiger partial charge in [0.2, 0.25) is 0 Å². The molecular formula is C16H15N3O5. The van der Waals surface area contributed by atoms with Crippen LogP contribution in [0.15, 0.2) is 53.6 Å². The van der Waals surface area contributed by atoms with E-state index in [9.17, 15) is 14.9 Å². The maximum Gasteiger partial charge on any atom is 0.344 e. The van der Waals surface area contributed by atoms with Crippen LogP contribution in [0.4, 0.5) is 11.4 Å². The van der Waals surface area contributed by atoms with Crippen LogP contribution in [0.25, 0.3) is 0 Å². The zero-order valence-electron chi connectivity index (χ0n) is 12.7. The van der Waals surface area contributed by atoms with Gasteiger partial charge in [-0.25, -0.2) is 4.79 Å². The average Bonchev–Trinajstić information content (AvgIpc) is 2.56. The van der Waals surface area contributed by atoms with Gasteiger partial charge in [-0.15, -0.1) is 0 Å². The molecule has 0 aliphatic heterocycles. The summed E-state index contributed by atoms with van der Waals surface area (Å²) in [4.78, 5) is 20.8. The lowest BCUT2D eigenvalue weighted by Gasteiger charge is -2.09. The van der Waals surface area contributed by atoms with Gasteiger partial charge in [-0.05, 0) is 48.9 Å². The smallest absolute Gasteiger partial charge is 0.344 e. The number of hydrogen-bond acceptors (Lipinski definition) is 6. The molecule has 0 unspecified atom stereocenters. The summed E-state index contributed by atoms with van der Waals surface area (Å²) in [5.41, 5.74) is 4.16. The maximum absolute atomic E-state index is 10.7. The Labute approximate surface area is 137 Å². The van der Waals surface area contributed by atoms with Crippen molar-refractivity contribution in [1.82, 2.24) is 0 Å². The molecule has 0 radical (unpaired) electrons. The van der Waals surface area contributed by atoms with E-state index in [4.69, 9.17) is 9.84 Å². The molecule has 0 saturated heterocycles. The first-order chi connectivity index (χ1) is 11.5. The van der Waals surface area contributed by atoms with Gasteiger partial charge < -0.3 is 9.84 Å². The lowest BCUT2D eigenvalue weighted by molar-refractivity contribution is -0.384. The molecule has 0 aliphatic rings. The first-order valence-corrected chi connectivity index (χ1v) is 6.99. The summed E-state index contributed by atoms with van der Waals surface area (Å²) in [6.07, 6.45) is 0.638. The van der Waals surface area contributed by atoms with Crippen molar-refractivity contribution >= 4 is 23.6 Å². The Morgan fingerprint density at radius 2 is 1.88 bits per heavy atom. The largest absolute Gasteiger partial charge is 0.479 e. The quantitative estimate of drug-likeness (QED) is 0.458. The third-order valence-corrected chi connectivity index (χ3v) is 3.03. The summed E-state index contributed by atoms with van der Waals surface area (Å²) in [6, 6.07) is 12.6. The Balaban J connectivity index is 1.92. The van der Waals surface area contributed by atoms with Crippen LogP contribution < -0.4 is 10.2 Å². The molecule has 0 spiro atoms. The van der Waals surface area contributed by atoms with E-state index in [0.29, 0.717) is 11.4 Å². The summed E-state index contributed by atoms with van der Waals surface area (Å²) in [5.74, 6) is -0.585. The molecule has 2 rings (SSSR count). The molecule has 24 heavy (non-hydrogen) atoms. The molecule has 1 atom stereocenters. The normalized spacial score (nSPS) is 11.9. The summed E-state index contributed by atoms with van der Waals surface area (Å²) >= 11 is 0. The number of hydrogen-bond donors (Lipinski definition) is 2. The van der Waals surface area contributed by atoms with Crippen LogP contribution in [-0.4, -0.2) is 28.3 Å². The van der Waals surface area contributed by atoms with E-state index in [1.165, 1.54) is 19.1 Å². The monoisotopic (exact) mass is 329 g/mol. The molecule has 2 aromatic carbocycles. The Bertz CT molecular complexity index is 741. The van der Waals surface area contributed by atoms with E-state index in [-0.39, 0.29) is 5.69 Å². The number of carbonyl (C=O) groups is 1. The van der Waals surface area contributed by atoms with Crippen molar-refractivity contribution in [3.05, 3.63) is 64.2 Å². The Morgan fingerprint density at radius 1 is 1.25 bits per heavy atom. The average molecular weight is 329 g/mol. The highest BCUT2D eigenvalue weighted by Gasteiger charge is 2.11. The van der Waals surface area contributed by atoms with Gasteiger partial charge in [0, 0.05) is 12.1 Å². The molecule has 124 valence electrons. The van der Waals surface area contributed by atoms with Gasteiger partial charge in [0.25, 0.3) is 5.69 Å². The Kier molecular flexibility index (Phi) is 5.45. The van der Waals surface area contributed by atoms with Crippen LogP contribution in [0.3, 0.4) is 0 Å². The van der Waals surface area contributed by atoms with Crippen molar-refractivity contribution in [3.63, 3.8) is 0 Å². The molecule has 8 nitrogen and oxygen atoms in total. The molecule has 0 saturated carbocycles. The fourth-order valence-corrected chi connectivity index (χ4v) is 1.73. The van der Waals surface area contributed by atoms with Crippen LogP contribution in [0.2, 0.25) is 0 Å². The van der Waals surface area contributed by atoms with E-state index in [0.717, 1.165) is 5.56 Å². The number of nitro benzene ring substituents is 1. The van der Waals surface area contributed by atoms with Gasteiger partial charge in [-0.1, -0.05) is 0 Å². The first kappa shape index (κ1) is 16.9. The Hall–Kier alpha value is -3.42. The molecule has 0 amide bonds. The van der Waals surface area contributed by atoms with Gasteiger partial charge in [0.1, 0.15) is 5.75 Å². The molecule has 0 bridgehead atoms. The second-order valence-electron chi connectivity index (χ2n) is 4.84. The zero-order chi connectivity index (χ0) is 17.5. The molecule has 8 heteroatoms. The fraction of sp³-hybridized carbons (Fsp3) is 0.125. The topological polar surface area (TPSA) is 114 Å².